The van der Waals surface area contributed by atoms with E-state index in [1.165, 1.54) is 0 Å². The second-order valence-electron chi connectivity index (χ2n) is 14.9. The third-order valence-electron chi connectivity index (χ3n) is 8.45. The van der Waals surface area contributed by atoms with E-state index in [1.54, 1.807) is 69.3 Å². The molecule has 0 heterocycles. The molecule has 4 N–H and O–H groups in total. The van der Waals surface area contributed by atoms with E-state index >= 15 is 0 Å². The number of nitrogens with one attached hydrogen (secondary N) is 2. The highest BCUT2D eigenvalue weighted by atomic mass is 28.4. The van der Waals surface area contributed by atoms with Crippen molar-refractivity contribution in [2.45, 2.75) is 71.2 Å². The lowest BCUT2D eigenvalue weighted by atomic mass is 10.0. The highest BCUT2D eigenvalue weighted by molar-refractivity contribution is 6.99. The third-order valence-corrected chi connectivity index (χ3v) is 13.5. The Bertz CT molecular complexity index is 1900. The smallest absolute Gasteiger partial charge is 0.412 e. The summed E-state index contributed by atoms with van der Waals surface area (Å²) >= 11 is 0. The first-order valence-corrected chi connectivity index (χ1v) is 19.7. The molecule has 0 aliphatic carbocycles. The maximum atomic E-state index is 13.3. The topological polar surface area (TPSA) is 172 Å². The molecule has 0 bridgehead atoms. The molecule has 4 rings (SSSR count). The van der Waals surface area contributed by atoms with Gasteiger partial charge >= 0.3 is 24.0 Å². The van der Waals surface area contributed by atoms with Gasteiger partial charge in [-0.15, -0.1) is 0 Å². The highest BCUT2D eigenvalue weighted by Gasteiger charge is 2.50. The summed E-state index contributed by atoms with van der Waals surface area (Å²) in [6, 6.07) is 30.2. The van der Waals surface area contributed by atoms with Crippen LogP contribution in [0.25, 0.3) is 11.1 Å². The minimum atomic E-state index is -3.05. The number of carbonyl (C=O) groups excluding carboxylic acids is 5. The van der Waals surface area contributed by atoms with E-state index in [0.717, 1.165) is 28.4 Å². The standard InChI is InChI=1S/C42H49N3O9Si/c1-28(46)51-27-36(45-37(47)31-20-18-29(19-21-31)30-22-24-32(25-23-30)44-40(50)54-41(2,3)4)39(49)53-38(48)35(43)26-52-55(42(5,6)7,33-14-10-8-11-15-33)34-16-12-9-13-17-34/h8-25,35-36H,26-27,43H2,1-7H3,(H,44,50)(H,45,47)/t35-,36-/m0/s1. The van der Waals surface area contributed by atoms with Crippen LogP contribution in [0.1, 0.15) is 58.8 Å². The van der Waals surface area contributed by atoms with Crippen LogP contribution in [0.3, 0.4) is 0 Å². The molecule has 12 nitrogen and oxygen atoms in total. The molecular formula is C42H49N3O9Si. The van der Waals surface area contributed by atoms with Gasteiger partial charge in [0.2, 0.25) is 0 Å². The first-order valence-electron chi connectivity index (χ1n) is 17.8. The summed E-state index contributed by atoms with van der Waals surface area (Å²) in [7, 11) is -3.05. The normalized spacial score (nSPS) is 12.8. The van der Waals surface area contributed by atoms with E-state index in [-0.39, 0.29) is 12.2 Å². The van der Waals surface area contributed by atoms with E-state index in [0.29, 0.717) is 5.69 Å². The van der Waals surface area contributed by atoms with Gasteiger partial charge in [-0.05, 0) is 71.6 Å². The first kappa shape index (κ1) is 42.1. The molecule has 290 valence electrons. The van der Waals surface area contributed by atoms with Gasteiger partial charge in [0.05, 0.1) is 6.61 Å². The van der Waals surface area contributed by atoms with Gasteiger partial charge in [0.25, 0.3) is 14.2 Å². The summed E-state index contributed by atoms with van der Waals surface area (Å²) < 4.78 is 22.1. The minimum absolute atomic E-state index is 0.189. The fourth-order valence-electron chi connectivity index (χ4n) is 5.88. The molecule has 0 saturated carbocycles. The van der Waals surface area contributed by atoms with Gasteiger partial charge in [-0.1, -0.05) is 106 Å². The van der Waals surface area contributed by atoms with Crippen molar-refractivity contribution in [1.29, 1.82) is 0 Å². The SMILES string of the molecule is CC(=O)OC[C@H](NC(=O)c1ccc(-c2ccc(NC(=O)OC(C)(C)C)cc2)cc1)C(=O)OC(=O)[C@@H](N)CO[Si](c1ccccc1)(c1ccccc1)C(C)(C)C. The maximum Gasteiger partial charge on any atom is 0.412 e. The van der Waals surface area contributed by atoms with Crippen molar-refractivity contribution in [2.75, 3.05) is 18.5 Å². The molecule has 0 unspecified atom stereocenters. The lowest BCUT2D eigenvalue weighted by Crippen LogP contribution is -2.67. The number of hydrogen-bond acceptors (Lipinski definition) is 10. The van der Waals surface area contributed by atoms with E-state index in [1.807, 2.05) is 60.7 Å². The highest BCUT2D eigenvalue weighted by Crippen LogP contribution is 2.36. The van der Waals surface area contributed by atoms with Crippen molar-refractivity contribution < 1.29 is 42.6 Å². The number of amides is 2. The van der Waals surface area contributed by atoms with Gasteiger partial charge in [-0.2, -0.15) is 0 Å². The third kappa shape index (κ3) is 11.4. The van der Waals surface area contributed by atoms with Crippen molar-refractivity contribution in [3.05, 3.63) is 115 Å². The number of carbonyl (C=O) groups is 5. The van der Waals surface area contributed by atoms with Crippen LogP contribution in [-0.4, -0.2) is 69.1 Å². The predicted octanol–water partition coefficient (Wildman–Crippen LogP) is 5.34. The Morgan fingerprint density at radius 2 is 1.20 bits per heavy atom. The first-order chi connectivity index (χ1) is 25.9. The number of rotatable bonds is 13. The van der Waals surface area contributed by atoms with E-state index in [9.17, 15) is 24.0 Å². The van der Waals surface area contributed by atoms with Gasteiger partial charge in [-0.25, -0.2) is 14.4 Å². The Hall–Kier alpha value is -5.63. The molecule has 13 heteroatoms. The summed E-state index contributed by atoms with van der Waals surface area (Å²) in [6.07, 6.45) is -0.570. The van der Waals surface area contributed by atoms with Crippen LogP contribution in [0.4, 0.5) is 10.5 Å². The number of ether oxygens (including phenoxy) is 3. The molecule has 0 spiro atoms. The molecule has 0 fully saturated rings. The molecule has 0 aromatic heterocycles. The van der Waals surface area contributed by atoms with Gasteiger partial charge < -0.3 is 29.7 Å². The Labute approximate surface area is 322 Å². The van der Waals surface area contributed by atoms with Crippen LogP contribution in [-0.2, 0) is 33.0 Å². The molecule has 0 saturated heterocycles. The number of nitrogens with two attached hydrogens (primary N) is 1. The molecule has 2 atom stereocenters. The quantitative estimate of drug-likeness (QED) is 0.0699. The van der Waals surface area contributed by atoms with Crippen LogP contribution < -0.4 is 26.7 Å². The Morgan fingerprint density at radius 1 is 0.691 bits per heavy atom. The Morgan fingerprint density at radius 3 is 1.67 bits per heavy atom. The van der Waals surface area contributed by atoms with Crippen LogP contribution in [0.15, 0.2) is 109 Å². The number of hydrogen-bond donors (Lipinski definition) is 3. The molecule has 4 aromatic carbocycles. The van der Waals surface area contributed by atoms with E-state index < -0.39 is 67.6 Å². The number of anilines is 1. The molecule has 2 amide bonds. The maximum absolute atomic E-state index is 13.3. The largest absolute Gasteiger partial charge is 0.463 e. The average molecular weight is 768 g/mol. The minimum Gasteiger partial charge on any atom is -0.463 e. The zero-order valence-corrected chi connectivity index (χ0v) is 33.2. The zero-order chi connectivity index (χ0) is 40.4. The summed E-state index contributed by atoms with van der Waals surface area (Å²) in [4.78, 5) is 63.5. The molecule has 0 aliphatic rings. The van der Waals surface area contributed by atoms with Crippen LogP contribution >= 0.6 is 0 Å². The molecule has 4 aromatic rings. The average Bonchev–Trinajstić information content (AvgIpc) is 3.13. The van der Waals surface area contributed by atoms with Gasteiger partial charge in [0.1, 0.15) is 18.2 Å². The zero-order valence-electron chi connectivity index (χ0n) is 32.2. The predicted molar refractivity (Wildman–Crippen MR) is 212 cm³/mol. The summed E-state index contributed by atoms with van der Waals surface area (Å²) in [5.41, 5.74) is 7.96. The van der Waals surface area contributed by atoms with Crippen molar-refractivity contribution in [3.63, 3.8) is 0 Å². The number of benzene rings is 4. The Balaban J connectivity index is 1.43. The van der Waals surface area contributed by atoms with Crippen LogP contribution in [0.2, 0.25) is 5.04 Å². The molecule has 0 radical (unpaired) electrons. The summed E-state index contributed by atoms with van der Waals surface area (Å²) in [5, 5.41) is 6.74. The van der Waals surface area contributed by atoms with Crippen molar-refractivity contribution in [1.82, 2.24) is 5.32 Å². The van der Waals surface area contributed by atoms with E-state index in [4.69, 9.17) is 24.4 Å². The molecular weight excluding hydrogens is 719 g/mol. The van der Waals surface area contributed by atoms with Crippen LogP contribution in [0.5, 0.6) is 0 Å². The monoisotopic (exact) mass is 767 g/mol. The van der Waals surface area contributed by atoms with E-state index in [2.05, 4.69) is 31.4 Å². The fourth-order valence-corrected chi connectivity index (χ4v) is 10.5. The van der Waals surface area contributed by atoms with Gasteiger partial charge in [0.15, 0.2) is 6.04 Å². The van der Waals surface area contributed by atoms with Gasteiger partial charge in [0, 0.05) is 18.2 Å². The van der Waals surface area contributed by atoms with Crippen molar-refractivity contribution >= 4 is 54.3 Å². The summed E-state index contributed by atoms with van der Waals surface area (Å²) in [5.74, 6) is -3.60. The number of esters is 3. The molecule has 0 aliphatic heterocycles. The summed E-state index contributed by atoms with van der Waals surface area (Å²) in [6.45, 7) is 11.9. The molecule has 55 heavy (non-hydrogen) atoms. The van der Waals surface area contributed by atoms with Crippen molar-refractivity contribution in [3.8, 4) is 11.1 Å². The van der Waals surface area contributed by atoms with Gasteiger partial charge in [-0.3, -0.25) is 14.9 Å². The lowest BCUT2D eigenvalue weighted by Gasteiger charge is -2.43. The van der Waals surface area contributed by atoms with Crippen molar-refractivity contribution in [2.24, 2.45) is 5.73 Å². The fraction of sp³-hybridized carbons (Fsp3) is 0.310. The Kier molecular flexibility index (Phi) is 13.9. The van der Waals surface area contributed by atoms with Crippen LogP contribution in [0, 0.1) is 0 Å². The second kappa shape index (κ2) is 18.1. The lowest BCUT2D eigenvalue weighted by molar-refractivity contribution is -0.163. The second-order valence-corrected chi connectivity index (χ2v) is 19.2.